The standard InChI is InChI=1S/C18H13NO2/c20-17-13-6-2-3-7-14(13)18(21)15(17)11-19-10-9-12-5-1-4-8-16(12)19/h1-8,11H,9-10H2. The third-order valence-corrected chi connectivity index (χ3v) is 4.11. The van der Waals surface area contributed by atoms with E-state index >= 15 is 0 Å². The van der Waals surface area contributed by atoms with E-state index < -0.39 is 0 Å². The molecule has 0 bridgehead atoms. The van der Waals surface area contributed by atoms with Gasteiger partial charge in [-0.05, 0) is 18.1 Å². The highest BCUT2D eigenvalue weighted by Gasteiger charge is 2.33. The minimum absolute atomic E-state index is 0.167. The number of fused-ring (bicyclic) bond motifs is 2. The van der Waals surface area contributed by atoms with Crippen LogP contribution in [0.15, 0.2) is 60.3 Å². The predicted octanol–water partition coefficient (Wildman–Crippen LogP) is 3.01. The van der Waals surface area contributed by atoms with Crippen LogP contribution < -0.4 is 4.90 Å². The first-order valence-electron chi connectivity index (χ1n) is 7.00. The van der Waals surface area contributed by atoms with Crippen LogP contribution in [0.25, 0.3) is 0 Å². The number of rotatable bonds is 1. The summed E-state index contributed by atoms with van der Waals surface area (Å²) in [4.78, 5) is 26.8. The van der Waals surface area contributed by atoms with Crippen molar-refractivity contribution in [3.05, 3.63) is 77.0 Å². The van der Waals surface area contributed by atoms with Crippen molar-refractivity contribution in [2.24, 2.45) is 0 Å². The van der Waals surface area contributed by atoms with Gasteiger partial charge in [0.2, 0.25) is 0 Å². The van der Waals surface area contributed by atoms with Gasteiger partial charge in [-0.3, -0.25) is 9.59 Å². The van der Waals surface area contributed by atoms with Gasteiger partial charge in [-0.2, -0.15) is 0 Å². The first-order chi connectivity index (χ1) is 10.3. The maximum Gasteiger partial charge on any atom is 0.199 e. The van der Waals surface area contributed by atoms with Crippen molar-refractivity contribution in [2.75, 3.05) is 11.4 Å². The monoisotopic (exact) mass is 275 g/mol. The van der Waals surface area contributed by atoms with E-state index in [1.807, 2.05) is 23.1 Å². The lowest BCUT2D eigenvalue weighted by molar-refractivity contribution is 0.0988. The number of Topliss-reactive ketones (excluding diaryl/α,β-unsaturated/α-hetero) is 2. The number of hydrogen-bond acceptors (Lipinski definition) is 3. The molecule has 21 heavy (non-hydrogen) atoms. The highest BCUT2D eigenvalue weighted by molar-refractivity contribution is 6.39. The van der Waals surface area contributed by atoms with Gasteiger partial charge < -0.3 is 4.90 Å². The van der Waals surface area contributed by atoms with Crippen molar-refractivity contribution in [2.45, 2.75) is 6.42 Å². The zero-order chi connectivity index (χ0) is 14.4. The Labute approximate surface area is 122 Å². The fourth-order valence-corrected chi connectivity index (χ4v) is 3.04. The first kappa shape index (κ1) is 12.1. The molecule has 2 aromatic carbocycles. The fourth-order valence-electron chi connectivity index (χ4n) is 3.04. The average Bonchev–Trinajstić information content (AvgIpc) is 3.04. The molecule has 102 valence electrons. The van der Waals surface area contributed by atoms with Gasteiger partial charge in [0.25, 0.3) is 0 Å². The predicted molar refractivity (Wildman–Crippen MR) is 80.7 cm³/mol. The van der Waals surface area contributed by atoms with Gasteiger partial charge in [0.1, 0.15) is 0 Å². The van der Waals surface area contributed by atoms with Gasteiger partial charge in [0.15, 0.2) is 11.6 Å². The molecule has 0 aromatic heterocycles. The average molecular weight is 275 g/mol. The fraction of sp³-hybridized carbons (Fsp3) is 0.111. The number of hydrogen-bond donors (Lipinski definition) is 0. The van der Waals surface area contributed by atoms with E-state index in [1.54, 1.807) is 30.5 Å². The summed E-state index contributed by atoms with van der Waals surface area (Å²) in [6, 6.07) is 15.1. The third kappa shape index (κ3) is 1.74. The summed E-state index contributed by atoms with van der Waals surface area (Å²) >= 11 is 0. The maximum atomic E-state index is 12.4. The molecule has 0 amide bonds. The Kier molecular flexibility index (Phi) is 2.54. The number of nitrogens with zero attached hydrogens (tertiary/aromatic N) is 1. The lowest BCUT2D eigenvalue weighted by Crippen LogP contribution is -2.16. The summed E-state index contributed by atoms with van der Waals surface area (Å²) in [5, 5.41) is 0. The van der Waals surface area contributed by atoms with Crippen molar-refractivity contribution in [1.29, 1.82) is 0 Å². The molecule has 1 aliphatic carbocycles. The highest BCUT2D eigenvalue weighted by Crippen LogP contribution is 2.31. The van der Waals surface area contributed by atoms with Gasteiger partial charge in [0, 0.05) is 29.6 Å². The van der Waals surface area contributed by atoms with Gasteiger partial charge in [-0.15, -0.1) is 0 Å². The maximum absolute atomic E-state index is 12.4. The second-order valence-electron chi connectivity index (χ2n) is 5.32. The summed E-state index contributed by atoms with van der Waals surface area (Å²) in [5.74, 6) is -0.333. The number of anilines is 1. The zero-order valence-corrected chi connectivity index (χ0v) is 11.4. The van der Waals surface area contributed by atoms with E-state index in [1.165, 1.54) is 5.56 Å². The Hall–Kier alpha value is -2.68. The van der Waals surface area contributed by atoms with Crippen LogP contribution in [0.3, 0.4) is 0 Å². The molecule has 0 N–H and O–H groups in total. The molecule has 0 spiro atoms. The molecular formula is C18H13NO2. The zero-order valence-electron chi connectivity index (χ0n) is 11.4. The summed E-state index contributed by atoms with van der Waals surface area (Å²) in [6.45, 7) is 0.805. The molecule has 2 aromatic rings. The van der Waals surface area contributed by atoms with Crippen LogP contribution in [0.2, 0.25) is 0 Å². The van der Waals surface area contributed by atoms with Crippen LogP contribution in [-0.4, -0.2) is 18.1 Å². The number of carbonyl (C=O) groups excluding carboxylic acids is 2. The van der Waals surface area contributed by atoms with Crippen molar-refractivity contribution < 1.29 is 9.59 Å². The molecule has 1 aliphatic heterocycles. The third-order valence-electron chi connectivity index (χ3n) is 4.11. The first-order valence-corrected chi connectivity index (χ1v) is 7.00. The number of carbonyl (C=O) groups is 2. The molecular weight excluding hydrogens is 262 g/mol. The SMILES string of the molecule is O=C1C(=CN2CCc3ccccc32)C(=O)c2ccccc21. The van der Waals surface area contributed by atoms with Gasteiger partial charge in [0.05, 0.1) is 5.57 Å². The quantitative estimate of drug-likeness (QED) is 0.593. The van der Waals surface area contributed by atoms with Crippen LogP contribution in [0.5, 0.6) is 0 Å². The Morgan fingerprint density at radius 3 is 2.19 bits per heavy atom. The van der Waals surface area contributed by atoms with Gasteiger partial charge in [-0.1, -0.05) is 42.5 Å². The molecule has 3 nitrogen and oxygen atoms in total. The largest absolute Gasteiger partial charge is 0.347 e. The molecule has 2 aliphatic rings. The molecule has 0 fully saturated rings. The Bertz CT molecular complexity index is 767. The molecule has 0 saturated heterocycles. The molecule has 0 saturated carbocycles. The topological polar surface area (TPSA) is 37.4 Å². The van der Waals surface area contributed by atoms with Crippen LogP contribution in [0.4, 0.5) is 5.69 Å². The molecule has 0 radical (unpaired) electrons. The smallest absolute Gasteiger partial charge is 0.199 e. The highest BCUT2D eigenvalue weighted by atomic mass is 16.2. The Morgan fingerprint density at radius 1 is 0.857 bits per heavy atom. The van der Waals surface area contributed by atoms with E-state index in [-0.39, 0.29) is 17.1 Å². The second-order valence-corrected chi connectivity index (χ2v) is 5.32. The van der Waals surface area contributed by atoms with E-state index in [0.717, 1.165) is 18.7 Å². The Balaban J connectivity index is 1.76. The van der Waals surface area contributed by atoms with E-state index in [2.05, 4.69) is 6.07 Å². The number of ketones is 2. The molecule has 1 heterocycles. The van der Waals surface area contributed by atoms with E-state index in [9.17, 15) is 9.59 Å². The minimum atomic E-state index is -0.167. The molecule has 0 atom stereocenters. The van der Waals surface area contributed by atoms with Crippen LogP contribution in [0, 0.1) is 0 Å². The van der Waals surface area contributed by atoms with E-state index in [4.69, 9.17) is 0 Å². The minimum Gasteiger partial charge on any atom is -0.347 e. The van der Waals surface area contributed by atoms with E-state index in [0.29, 0.717) is 11.1 Å². The van der Waals surface area contributed by atoms with Gasteiger partial charge in [-0.25, -0.2) is 0 Å². The molecule has 4 rings (SSSR count). The summed E-state index contributed by atoms with van der Waals surface area (Å²) in [6.07, 6.45) is 2.66. The lowest BCUT2D eigenvalue weighted by Gasteiger charge is -2.14. The van der Waals surface area contributed by atoms with Gasteiger partial charge >= 0.3 is 0 Å². The van der Waals surface area contributed by atoms with Crippen molar-refractivity contribution in [3.8, 4) is 0 Å². The summed E-state index contributed by atoms with van der Waals surface area (Å²) in [5.41, 5.74) is 3.64. The molecule has 0 unspecified atom stereocenters. The number of para-hydroxylation sites is 1. The van der Waals surface area contributed by atoms with Crippen molar-refractivity contribution in [1.82, 2.24) is 0 Å². The number of benzene rings is 2. The summed E-state index contributed by atoms with van der Waals surface area (Å²) in [7, 11) is 0. The Morgan fingerprint density at radius 2 is 1.48 bits per heavy atom. The normalized spacial score (nSPS) is 16.2. The van der Waals surface area contributed by atoms with Crippen LogP contribution in [-0.2, 0) is 6.42 Å². The van der Waals surface area contributed by atoms with Crippen LogP contribution in [0.1, 0.15) is 26.3 Å². The second kappa shape index (κ2) is 4.42. The summed E-state index contributed by atoms with van der Waals surface area (Å²) < 4.78 is 0. The lowest BCUT2D eigenvalue weighted by atomic mass is 10.1. The van der Waals surface area contributed by atoms with Crippen molar-refractivity contribution >= 4 is 17.3 Å². The van der Waals surface area contributed by atoms with Crippen LogP contribution >= 0.6 is 0 Å². The van der Waals surface area contributed by atoms with Crippen molar-refractivity contribution in [3.63, 3.8) is 0 Å². The molecule has 3 heteroatoms. The number of allylic oxidation sites excluding steroid dienone is 1.